The van der Waals surface area contributed by atoms with E-state index < -0.39 is 5.82 Å². The van der Waals surface area contributed by atoms with Crippen LogP contribution in [0.5, 0.6) is 0 Å². The molecule has 0 atom stereocenters. The van der Waals surface area contributed by atoms with E-state index in [4.69, 9.17) is 0 Å². The lowest BCUT2D eigenvalue weighted by Crippen LogP contribution is -2.20. The lowest BCUT2D eigenvalue weighted by Gasteiger charge is -2.19. The van der Waals surface area contributed by atoms with Crippen molar-refractivity contribution in [1.29, 1.82) is 0 Å². The van der Waals surface area contributed by atoms with E-state index in [1.54, 1.807) is 18.2 Å². The first-order valence-electron chi connectivity index (χ1n) is 11.1. The predicted molar refractivity (Wildman–Crippen MR) is 138 cm³/mol. The molecule has 1 aromatic heterocycles. The van der Waals surface area contributed by atoms with Crippen molar-refractivity contribution < 1.29 is 9.18 Å². The van der Waals surface area contributed by atoms with E-state index in [0.717, 1.165) is 11.3 Å². The van der Waals surface area contributed by atoms with Crippen molar-refractivity contribution in [2.45, 2.75) is 31.3 Å². The molecule has 1 heterocycles. The summed E-state index contributed by atoms with van der Waals surface area (Å²) in [5, 5.41) is 13.2. The molecule has 0 aliphatic rings. The van der Waals surface area contributed by atoms with Gasteiger partial charge < -0.3 is 0 Å². The topological polar surface area (TPSA) is 72.2 Å². The quantitative estimate of drug-likeness (QED) is 0.209. The third kappa shape index (κ3) is 6.02. The first-order chi connectivity index (χ1) is 16.8. The number of nitrogens with zero attached hydrogens (tertiary/aromatic N) is 4. The smallest absolute Gasteiger partial charge is 0.250 e. The third-order valence-electron chi connectivity index (χ3n) is 5.29. The highest BCUT2D eigenvalue weighted by atomic mass is 32.2. The molecule has 0 radical (unpaired) electrons. The van der Waals surface area contributed by atoms with Gasteiger partial charge in [0.2, 0.25) is 0 Å². The van der Waals surface area contributed by atoms with E-state index in [9.17, 15) is 9.18 Å². The lowest BCUT2D eigenvalue weighted by atomic mass is 9.87. The lowest BCUT2D eigenvalue weighted by molar-refractivity contribution is -0.118. The van der Waals surface area contributed by atoms with Crippen molar-refractivity contribution in [3.8, 4) is 17.1 Å². The number of carbonyl (C=O) groups is 1. The Hall–Kier alpha value is -3.78. The third-order valence-corrected chi connectivity index (χ3v) is 6.22. The molecule has 178 valence electrons. The van der Waals surface area contributed by atoms with Crippen molar-refractivity contribution in [2.75, 3.05) is 5.75 Å². The molecule has 0 fully saturated rings. The van der Waals surface area contributed by atoms with Crippen molar-refractivity contribution in [3.63, 3.8) is 0 Å². The largest absolute Gasteiger partial charge is 0.272 e. The molecule has 3 aromatic carbocycles. The average molecular weight is 488 g/mol. The number of aromatic nitrogens is 3. The predicted octanol–water partition coefficient (Wildman–Crippen LogP) is 5.61. The van der Waals surface area contributed by atoms with Crippen molar-refractivity contribution in [2.24, 2.45) is 5.10 Å². The van der Waals surface area contributed by atoms with Crippen LogP contribution in [0.2, 0.25) is 0 Å². The molecule has 1 amide bonds. The Bertz CT molecular complexity index is 1330. The molecule has 4 aromatic rings. The van der Waals surface area contributed by atoms with Crippen molar-refractivity contribution in [1.82, 2.24) is 20.2 Å². The van der Waals surface area contributed by atoms with Crippen LogP contribution in [0.1, 0.15) is 31.9 Å². The molecule has 4 rings (SSSR count). The van der Waals surface area contributed by atoms with E-state index in [2.05, 4.69) is 53.6 Å². The van der Waals surface area contributed by atoms with Gasteiger partial charge in [-0.15, -0.1) is 10.2 Å². The first kappa shape index (κ1) is 24.3. The monoisotopic (exact) mass is 487 g/mol. The summed E-state index contributed by atoms with van der Waals surface area (Å²) in [7, 11) is 0. The Morgan fingerprint density at radius 3 is 2.37 bits per heavy atom. The summed E-state index contributed by atoms with van der Waals surface area (Å²) in [6, 6.07) is 24.3. The summed E-state index contributed by atoms with van der Waals surface area (Å²) in [5.74, 6) is 0.0278. The molecule has 0 aliphatic carbocycles. The summed E-state index contributed by atoms with van der Waals surface area (Å²) in [6.07, 6.45) is 1.28. The normalized spacial score (nSPS) is 11.7. The van der Waals surface area contributed by atoms with E-state index in [1.807, 2.05) is 47.0 Å². The van der Waals surface area contributed by atoms with Gasteiger partial charge in [0.1, 0.15) is 5.82 Å². The molecule has 8 heteroatoms. The summed E-state index contributed by atoms with van der Waals surface area (Å²) < 4.78 is 15.6. The highest BCUT2D eigenvalue weighted by Gasteiger charge is 2.19. The van der Waals surface area contributed by atoms with Gasteiger partial charge in [0.05, 0.1) is 12.0 Å². The summed E-state index contributed by atoms with van der Waals surface area (Å²) >= 11 is 1.25. The zero-order valence-electron chi connectivity index (χ0n) is 19.8. The van der Waals surface area contributed by atoms with Crippen LogP contribution in [0, 0.1) is 5.82 Å². The Morgan fingerprint density at radius 2 is 1.69 bits per heavy atom. The number of benzene rings is 3. The Balaban J connectivity index is 1.53. The highest BCUT2D eigenvalue weighted by molar-refractivity contribution is 7.99. The molecule has 0 bridgehead atoms. The van der Waals surface area contributed by atoms with Crippen LogP contribution >= 0.6 is 11.8 Å². The maximum atomic E-state index is 13.7. The molecule has 0 spiro atoms. The van der Waals surface area contributed by atoms with E-state index in [1.165, 1.54) is 29.6 Å². The van der Waals surface area contributed by atoms with Gasteiger partial charge in [-0.25, -0.2) is 9.82 Å². The van der Waals surface area contributed by atoms with Gasteiger partial charge in [0.25, 0.3) is 5.91 Å². The fourth-order valence-corrected chi connectivity index (χ4v) is 4.14. The number of hydrogen-bond donors (Lipinski definition) is 1. The SMILES string of the molecule is CC(C)(C)c1ccc(-c2nnc(SCC(=O)N/N=C\c3ccccc3F)n2-c2ccccc2)cc1. The van der Waals surface area contributed by atoms with Crippen molar-refractivity contribution >= 4 is 23.9 Å². The number of carbonyl (C=O) groups excluding carboxylic acids is 1. The number of amides is 1. The van der Waals surface area contributed by atoms with Gasteiger partial charge in [-0.1, -0.05) is 93.2 Å². The van der Waals surface area contributed by atoms with Crippen LogP contribution in [0.4, 0.5) is 4.39 Å². The van der Waals surface area contributed by atoms with E-state index >= 15 is 0 Å². The standard InChI is InChI=1S/C27H26FN5OS/c1-27(2,3)21-15-13-19(14-16-21)25-31-32-26(33(25)22-10-5-4-6-11-22)35-18-24(34)30-29-17-20-9-7-8-12-23(20)28/h4-17H,18H2,1-3H3,(H,30,34)/b29-17-. The van der Waals surface area contributed by atoms with E-state index in [0.29, 0.717) is 16.5 Å². The number of para-hydroxylation sites is 1. The average Bonchev–Trinajstić information content (AvgIpc) is 3.28. The molecule has 6 nitrogen and oxygen atoms in total. The molecule has 0 unspecified atom stereocenters. The second kappa shape index (κ2) is 10.7. The number of hydrogen-bond acceptors (Lipinski definition) is 5. The zero-order chi connectivity index (χ0) is 24.8. The molecule has 1 N–H and O–H groups in total. The minimum Gasteiger partial charge on any atom is -0.272 e. The molecular formula is C27H26FN5OS. The van der Waals surface area contributed by atoms with E-state index in [-0.39, 0.29) is 17.1 Å². The van der Waals surface area contributed by atoms with Crippen LogP contribution in [-0.4, -0.2) is 32.6 Å². The number of hydrazone groups is 1. The maximum Gasteiger partial charge on any atom is 0.250 e. The number of thioether (sulfide) groups is 1. The van der Waals surface area contributed by atoms with Gasteiger partial charge >= 0.3 is 0 Å². The summed E-state index contributed by atoms with van der Waals surface area (Å²) in [4.78, 5) is 12.4. The van der Waals surface area contributed by atoms with Gasteiger partial charge in [0.15, 0.2) is 11.0 Å². The van der Waals surface area contributed by atoms with Gasteiger partial charge in [-0.3, -0.25) is 9.36 Å². The Labute approximate surface area is 208 Å². The molecule has 0 aliphatic heterocycles. The zero-order valence-corrected chi connectivity index (χ0v) is 20.6. The number of halogens is 1. The Morgan fingerprint density at radius 1 is 1.00 bits per heavy atom. The van der Waals surface area contributed by atoms with Gasteiger partial charge in [-0.05, 0) is 29.2 Å². The number of rotatable bonds is 7. The first-order valence-corrected chi connectivity index (χ1v) is 12.1. The fourth-order valence-electron chi connectivity index (χ4n) is 3.40. The molecular weight excluding hydrogens is 461 g/mol. The molecule has 0 saturated carbocycles. The fraction of sp³-hybridized carbons (Fsp3) is 0.185. The minimum atomic E-state index is -0.404. The van der Waals surface area contributed by atoms with Crippen LogP contribution in [0.25, 0.3) is 17.1 Å². The maximum absolute atomic E-state index is 13.7. The second-order valence-electron chi connectivity index (χ2n) is 8.91. The van der Waals surface area contributed by atoms with Crippen LogP contribution in [-0.2, 0) is 10.2 Å². The van der Waals surface area contributed by atoms with Crippen LogP contribution in [0.3, 0.4) is 0 Å². The van der Waals surface area contributed by atoms with Gasteiger partial charge in [0, 0.05) is 16.8 Å². The van der Waals surface area contributed by atoms with Crippen LogP contribution in [0.15, 0.2) is 89.1 Å². The van der Waals surface area contributed by atoms with Gasteiger partial charge in [-0.2, -0.15) is 5.10 Å². The molecule has 0 saturated heterocycles. The Kier molecular flexibility index (Phi) is 7.41. The minimum absolute atomic E-state index is 0.0504. The number of nitrogens with one attached hydrogen (secondary N) is 1. The second-order valence-corrected chi connectivity index (χ2v) is 9.85. The summed E-state index contributed by atoms with van der Waals surface area (Å²) in [6.45, 7) is 6.53. The summed E-state index contributed by atoms with van der Waals surface area (Å²) in [5.41, 5.74) is 5.84. The highest BCUT2D eigenvalue weighted by Crippen LogP contribution is 2.30. The van der Waals surface area contributed by atoms with Crippen molar-refractivity contribution in [3.05, 3.63) is 95.8 Å². The molecule has 35 heavy (non-hydrogen) atoms. The van der Waals surface area contributed by atoms with Crippen LogP contribution < -0.4 is 5.43 Å².